The zero-order valence-electron chi connectivity index (χ0n) is 7.88. The van der Waals surface area contributed by atoms with Gasteiger partial charge in [-0.15, -0.1) is 0 Å². The Balaban J connectivity index is 1.98. The molecule has 0 radical (unpaired) electrons. The van der Waals surface area contributed by atoms with Crippen molar-refractivity contribution in [2.24, 2.45) is 0 Å². The van der Waals surface area contributed by atoms with Gasteiger partial charge in [-0.1, -0.05) is 0 Å². The quantitative estimate of drug-likeness (QED) is 0.678. The fraction of sp³-hybridized carbons (Fsp3) is 0.889. The van der Waals surface area contributed by atoms with E-state index >= 15 is 0 Å². The summed E-state index contributed by atoms with van der Waals surface area (Å²) in [7, 11) is 0. The Morgan fingerprint density at radius 1 is 1.29 bits per heavy atom. The molecular weight excluding hydrogens is 190 g/mol. The summed E-state index contributed by atoms with van der Waals surface area (Å²) < 4.78 is 24.4. The lowest BCUT2D eigenvalue weighted by molar-refractivity contribution is -0.143. The molecule has 2 heterocycles. The van der Waals surface area contributed by atoms with Gasteiger partial charge >= 0.3 is 6.43 Å². The van der Waals surface area contributed by atoms with Crippen molar-refractivity contribution in [1.82, 2.24) is 10.2 Å². The highest BCUT2D eigenvalue weighted by atomic mass is 19.3. The van der Waals surface area contributed by atoms with Gasteiger partial charge in [0, 0.05) is 25.2 Å². The highest BCUT2D eigenvalue weighted by molar-refractivity contribution is 5.79. The number of hydrogen-bond donors (Lipinski definition) is 1. The van der Waals surface area contributed by atoms with E-state index in [0.29, 0.717) is 19.1 Å². The number of rotatable bonds is 1. The number of halogens is 2. The summed E-state index contributed by atoms with van der Waals surface area (Å²) in [6.45, 7) is 0.914. The van der Waals surface area contributed by atoms with Crippen LogP contribution in [0.15, 0.2) is 0 Å². The molecular formula is C9H14F2N2O. The van der Waals surface area contributed by atoms with E-state index in [1.54, 1.807) is 0 Å². The van der Waals surface area contributed by atoms with Crippen molar-refractivity contribution in [1.29, 1.82) is 0 Å². The maximum absolute atomic E-state index is 12.2. The molecule has 0 aromatic rings. The van der Waals surface area contributed by atoms with Crippen molar-refractivity contribution >= 4 is 5.91 Å². The second-order valence-electron chi connectivity index (χ2n) is 4.01. The Bertz CT molecular complexity index is 235. The van der Waals surface area contributed by atoms with Crippen molar-refractivity contribution in [3.05, 3.63) is 0 Å². The molecule has 3 nitrogen and oxygen atoms in total. The fourth-order valence-corrected chi connectivity index (χ4v) is 2.28. The highest BCUT2D eigenvalue weighted by Gasteiger charge is 2.33. The first-order chi connectivity index (χ1) is 6.66. The predicted molar refractivity (Wildman–Crippen MR) is 47.1 cm³/mol. The number of hydrogen-bond acceptors (Lipinski definition) is 2. The van der Waals surface area contributed by atoms with Crippen molar-refractivity contribution < 1.29 is 13.6 Å². The number of likely N-dealkylation sites (tertiary alicyclic amines) is 1. The van der Waals surface area contributed by atoms with E-state index in [0.717, 1.165) is 19.3 Å². The van der Waals surface area contributed by atoms with Crippen molar-refractivity contribution in [2.75, 3.05) is 13.1 Å². The minimum atomic E-state index is -2.85. The molecule has 0 saturated carbocycles. The van der Waals surface area contributed by atoms with Crippen LogP contribution in [0.4, 0.5) is 8.78 Å². The summed E-state index contributed by atoms with van der Waals surface area (Å²) in [5, 5.41) is 3.34. The Labute approximate surface area is 81.4 Å². The van der Waals surface area contributed by atoms with Crippen molar-refractivity contribution in [2.45, 2.75) is 37.8 Å². The zero-order valence-corrected chi connectivity index (χ0v) is 7.88. The van der Waals surface area contributed by atoms with Gasteiger partial charge in [0.05, 0.1) is 0 Å². The molecule has 2 bridgehead atoms. The standard InChI is InChI=1S/C9H14F2N2O/c10-8(11)9(14)13-4-3-6-1-2-7(5-13)12-6/h6-8,12H,1-5H2. The second-order valence-corrected chi connectivity index (χ2v) is 4.01. The normalized spacial score (nSPS) is 32.1. The molecule has 5 heteroatoms. The molecule has 2 aliphatic heterocycles. The molecule has 80 valence electrons. The Hall–Kier alpha value is -0.710. The summed E-state index contributed by atoms with van der Waals surface area (Å²) in [5.74, 6) is -1.01. The van der Waals surface area contributed by atoms with Crippen LogP contribution in [0.5, 0.6) is 0 Å². The smallest absolute Gasteiger partial charge is 0.315 e. The Morgan fingerprint density at radius 2 is 2.00 bits per heavy atom. The number of nitrogens with one attached hydrogen (secondary N) is 1. The number of carbonyl (C=O) groups is 1. The second kappa shape index (κ2) is 3.81. The van der Waals surface area contributed by atoms with Crippen LogP contribution in [0.2, 0.25) is 0 Å². The number of amides is 1. The largest absolute Gasteiger partial charge is 0.336 e. The van der Waals surface area contributed by atoms with E-state index in [9.17, 15) is 13.6 Å². The van der Waals surface area contributed by atoms with Gasteiger partial charge in [-0.25, -0.2) is 0 Å². The fourth-order valence-electron chi connectivity index (χ4n) is 2.28. The molecule has 2 fully saturated rings. The first-order valence-electron chi connectivity index (χ1n) is 5.00. The topological polar surface area (TPSA) is 32.3 Å². The third kappa shape index (κ3) is 1.87. The molecule has 2 aliphatic rings. The average Bonchev–Trinajstić information content (AvgIpc) is 2.45. The molecule has 2 saturated heterocycles. The van der Waals surface area contributed by atoms with E-state index in [2.05, 4.69) is 5.32 Å². The van der Waals surface area contributed by atoms with E-state index < -0.39 is 12.3 Å². The molecule has 2 unspecified atom stereocenters. The first-order valence-corrected chi connectivity index (χ1v) is 5.00. The summed E-state index contributed by atoms with van der Waals surface area (Å²) >= 11 is 0. The molecule has 0 aromatic heterocycles. The molecule has 1 N–H and O–H groups in total. The molecule has 0 aromatic carbocycles. The van der Waals surface area contributed by atoms with Gasteiger partial charge < -0.3 is 10.2 Å². The van der Waals surface area contributed by atoms with Crippen LogP contribution in [-0.2, 0) is 4.79 Å². The summed E-state index contributed by atoms with van der Waals surface area (Å²) in [4.78, 5) is 12.4. The SMILES string of the molecule is O=C(C(F)F)N1CCC2CCC(C1)N2. The van der Waals surface area contributed by atoms with Gasteiger partial charge in [-0.3, -0.25) is 4.79 Å². The molecule has 14 heavy (non-hydrogen) atoms. The molecule has 1 amide bonds. The van der Waals surface area contributed by atoms with Crippen LogP contribution in [-0.4, -0.2) is 42.4 Å². The van der Waals surface area contributed by atoms with Gasteiger partial charge in [-0.2, -0.15) is 8.78 Å². The van der Waals surface area contributed by atoms with E-state index in [-0.39, 0.29) is 6.04 Å². The van der Waals surface area contributed by atoms with E-state index in [1.807, 2.05) is 0 Å². The van der Waals surface area contributed by atoms with Crippen LogP contribution < -0.4 is 5.32 Å². The highest BCUT2D eigenvalue weighted by Crippen LogP contribution is 2.21. The zero-order chi connectivity index (χ0) is 10.1. The van der Waals surface area contributed by atoms with Gasteiger partial charge in [0.25, 0.3) is 5.91 Å². The van der Waals surface area contributed by atoms with Crippen molar-refractivity contribution in [3.63, 3.8) is 0 Å². The Morgan fingerprint density at radius 3 is 2.71 bits per heavy atom. The monoisotopic (exact) mass is 204 g/mol. The number of nitrogens with zero attached hydrogens (tertiary/aromatic N) is 1. The van der Waals surface area contributed by atoms with Gasteiger partial charge in [0.1, 0.15) is 0 Å². The molecule has 2 rings (SSSR count). The van der Waals surface area contributed by atoms with Gasteiger partial charge in [0.15, 0.2) is 0 Å². The van der Waals surface area contributed by atoms with Crippen LogP contribution in [0.1, 0.15) is 19.3 Å². The minimum absolute atomic E-state index is 0.227. The molecule has 2 atom stereocenters. The number of carbonyl (C=O) groups excluding carboxylic acids is 1. The lowest BCUT2D eigenvalue weighted by atomic mass is 10.1. The third-order valence-electron chi connectivity index (χ3n) is 3.02. The van der Waals surface area contributed by atoms with Crippen molar-refractivity contribution in [3.8, 4) is 0 Å². The number of fused-ring (bicyclic) bond motifs is 2. The lowest BCUT2D eigenvalue weighted by Crippen LogP contribution is -2.41. The summed E-state index contributed by atoms with van der Waals surface area (Å²) in [5.41, 5.74) is 0. The third-order valence-corrected chi connectivity index (χ3v) is 3.02. The van der Waals surface area contributed by atoms with Gasteiger partial charge in [-0.05, 0) is 19.3 Å². The molecule has 0 spiro atoms. The summed E-state index contributed by atoms with van der Waals surface area (Å²) in [6, 6.07) is 0.653. The van der Waals surface area contributed by atoms with Crippen LogP contribution >= 0.6 is 0 Å². The maximum Gasteiger partial charge on any atom is 0.315 e. The summed E-state index contributed by atoms with van der Waals surface area (Å²) in [6.07, 6.45) is 0.0558. The number of alkyl halides is 2. The molecule has 0 aliphatic carbocycles. The Kier molecular flexibility index (Phi) is 2.67. The van der Waals surface area contributed by atoms with Gasteiger partial charge in [0.2, 0.25) is 0 Å². The lowest BCUT2D eigenvalue weighted by Gasteiger charge is -2.23. The van der Waals surface area contributed by atoms with E-state index in [4.69, 9.17) is 0 Å². The van der Waals surface area contributed by atoms with Crippen LogP contribution in [0.3, 0.4) is 0 Å². The van der Waals surface area contributed by atoms with Crippen LogP contribution in [0, 0.1) is 0 Å². The van der Waals surface area contributed by atoms with Crippen LogP contribution in [0.25, 0.3) is 0 Å². The van der Waals surface area contributed by atoms with E-state index in [1.165, 1.54) is 4.90 Å². The first kappa shape index (κ1) is 9.83. The maximum atomic E-state index is 12.2. The predicted octanol–water partition coefficient (Wildman–Crippen LogP) is 0.604. The minimum Gasteiger partial charge on any atom is -0.336 e. The average molecular weight is 204 g/mol.